The number of rotatable bonds is 3. The lowest BCUT2D eigenvalue weighted by Gasteiger charge is -2.17. The zero-order chi connectivity index (χ0) is 18.2. The number of carbonyl (C=O) groups is 1. The summed E-state index contributed by atoms with van der Waals surface area (Å²) in [4.78, 5) is 16.7. The summed E-state index contributed by atoms with van der Waals surface area (Å²) < 4.78 is 17.6. The Hall–Kier alpha value is -3.06. The van der Waals surface area contributed by atoms with Gasteiger partial charge in [0.05, 0.1) is 16.8 Å². The predicted molar refractivity (Wildman–Crippen MR) is 104 cm³/mol. The van der Waals surface area contributed by atoms with E-state index in [1.807, 2.05) is 30.3 Å². The number of nitrogens with zero attached hydrogens (tertiary/aromatic N) is 1. The first kappa shape index (κ1) is 16.1. The number of carbonyl (C=O) groups excluding carboxylic acids is 1. The van der Waals surface area contributed by atoms with Crippen molar-refractivity contribution >= 4 is 38.7 Å². The lowest BCUT2D eigenvalue weighted by Crippen LogP contribution is -2.15. The highest BCUT2D eigenvalue weighted by molar-refractivity contribution is 7.22. The standard InChI is InChI=1S/C20H16N2O4S/c23-19(4-2-12-1-3-15-13(9-12)5-6-24-15)22-20-21-14-10-16-17(11-18(14)27-20)26-8-7-25-16/h1-4,9-11H,5-8H2,(H,21,22,23)/b4-2+. The Morgan fingerprint density at radius 3 is 2.74 bits per heavy atom. The number of benzene rings is 2. The Morgan fingerprint density at radius 1 is 1.04 bits per heavy atom. The molecule has 3 heterocycles. The lowest BCUT2D eigenvalue weighted by molar-refractivity contribution is -0.111. The van der Waals surface area contributed by atoms with E-state index in [2.05, 4.69) is 10.3 Å². The van der Waals surface area contributed by atoms with Crippen LogP contribution in [0.25, 0.3) is 16.3 Å². The van der Waals surface area contributed by atoms with Crippen LogP contribution in [0.5, 0.6) is 17.2 Å². The summed E-state index contributed by atoms with van der Waals surface area (Å²) in [6.45, 7) is 1.80. The molecule has 0 spiro atoms. The van der Waals surface area contributed by atoms with Gasteiger partial charge in [-0.15, -0.1) is 0 Å². The average molecular weight is 380 g/mol. The van der Waals surface area contributed by atoms with Crippen LogP contribution in [0.3, 0.4) is 0 Å². The van der Waals surface area contributed by atoms with Crippen LogP contribution in [0.2, 0.25) is 0 Å². The molecule has 0 fully saturated rings. The van der Waals surface area contributed by atoms with Crippen molar-refractivity contribution in [2.24, 2.45) is 0 Å². The Balaban J connectivity index is 1.31. The van der Waals surface area contributed by atoms with E-state index in [4.69, 9.17) is 14.2 Å². The van der Waals surface area contributed by atoms with Crippen molar-refractivity contribution in [1.82, 2.24) is 4.98 Å². The molecule has 1 amide bonds. The number of hydrogen-bond donors (Lipinski definition) is 1. The maximum atomic E-state index is 12.2. The summed E-state index contributed by atoms with van der Waals surface area (Å²) in [5.74, 6) is 2.12. The van der Waals surface area contributed by atoms with Crippen molar-refractivity contribution in [2.45, 2.75) is 6.42 Å². The van der Waals surface area contributed by atoms with Gasteiger partial charge in [0.25, 0.3) is 0 Å². The summed E-state index contributed by atoms with van der Waals surface area (Å²) in [5, 5.41) is 3.37. The Kier molecular flexibility index (Phi) is 3.94. The molecule has 0 radical (unpaired) electrons. The van der Waals surface area contributed by atoms with E-state index >= 15 is 0 Å². The highest BCUT2D eigenvalue weighted by atomic mass is 32.1. The molecule has 5 rings (SSSR count). The fourth-order valence-corrected chi connectivity index (χ4v) is 4.03. The number of aromatic nitrogens is 1. The van der Waals surface area contributed by atoms with Gasteiger partial charge in [0.2, 0.25) is 5.91 Å². The van der Waals surface area contributed by atoms with E-state index in [0.717, 1.165) is 40.3 Å². The van der Waals surface area contributed by atoms with Crippen LogP contribution in [-0.4, -0.2) is 30.7 Å². The predicted octanol–water partition coefficient (Wildman–Crippen LogP) is 3.65. The first-order valence-corrected chi connectivity index (χ1v) is 9.51. The second kappa shape index (κ2) is 6.59. The second-order valence-electron chi connectivity index (χ2n) is 6.27. The molecule has 0 unspecified atom stereocenters. The van der Waals surface area contributed by atoms with Crippen molar-refractivity contribution in [1.29, 1.82) is 0 Å². The molecule has 7 heteroatoms. The van der Waals surface area contributed by atoms with Gasteiger partial charge < -0.3 is 14.2 Å². The van der Waals surface area contributed by atoms with Crippen LogP contribution in [0.15, 0.2) is 36.4 Å². The van der Waals surface area contributed by atoms with Crippen LogP contribution >= 0.6 is 11.3 Å². The summed E-state index contributed by atoms with van der Waals surface area (Å²) in [6, 6.07) is 9.68. The van der Waals surface area contributed by atoms with Crippen molar-refractivity contribution < 1.29 is 19.0 Å². The third-order valence-corrected chi connectivity index (χ3v) is 5.36. The molecule has 0 saturated heterocycles. The first-order valence-electron chi connectivity index (χ1n) is 8.69. The van der Waals surface area contributed by atoms with Gasteiger partial charge in [0.15, 0.2) is 16.6 Å². The fraction of sp³-hybridized carbons (Fsp3) is 0.200. The first-order chi connectivity index (χ1) is 13.2. The molecule has 0 saturated carbocycles. The molecule has 0 atom stereocenters. The van der Waals surface area contributed by atoms with Gasteiger partial charge in [-0.1, -0.05) is 17.4 Å². The van der Waals surface area contributed by atoms with Crippen LogP contribution in [0.1, 0.15) is 11.1 Å². The molecular formula is C20H16N2O4S. The minimum atomic E-state index is -0.219. The van der Waals surface area contributed by atoms with Gasteiger partial charge in [0, 0.05) is 24.6 Å². The highest BCUT2D eigenvalue weighted by Crippen LogP contribution is 2.37. The van der Waals surface area contributed by atoms with Gasteiger partial charge in [-0.3, -0.25) is 10.1 Å². The summed E-state index contributed by atoms with van der Waals surface area (Å²) >= 11 is 1.41. The quantitative estimate of drug-likeness (QED) is 0.703. The fourth-order valence-electron chi connectivity index (χ4n) is 3.15. The molecule has 2 aromatic carbocycles. The lowest BCUT2D eigenvalue weighted by atomic mass is 10.1. The number of hydrogen-bond acceptors (Lipinski definition) is 6. The van der Waals surface area contributed by atoms with E-state index in [0.29, 0.717) is 24.1 Å². The number of ether oxygens (including phenoxy) is 3. The van der Waals surface area contributed by atoms with E-state index in [-0.39, 0.29) is 5.91 Å². The zero-order valence-electron chi connectivity index (χ0n) is 14.4. The van der Waals surface area contributed by atoms with Crippen molar-refractivity contribution in [2.75, 3.05) is 25.1 Å². The molecule has 2 aliphatic heterocycles. The summed E-state index contributed by atoms with van der Waals surface area (Å²) in [5.41, 5.74) is 2.93. The average Bonchev–Trinajstić information content (AvgIpc) is 3.29. The van der Waals surface area contributed by atoms with Crippen molar-refractivity contribution in [3.63, 3.8) is 0 Å². The molecule has 0 aliphatic carbocycles. The van der Waals surface area contributed by atoms with E-state index in [9.17, 15) is 4.79 Å². The molecule has 2 aliphatic rings. The number of amides is 1. The smallest absolute Gasteiger partial charge is 0.250 e. The van der Waals surface area contributed by atoms with Crippen LogP contribution < -0.4 is 19.5 Å². The SMILES string of the molecule is O=C(/C=C/c1ccc2c(c1)CCO2)Nc1nc2cc3c(cc2s1)OCCO3. The second-order valence-corrected chi connectivity index (χ2v) is 7.30. The molecule has 1 aromatic heterocycles. The maximum absolute atomic E-state index is 12.2. The van der Waals surface area contributed by atoms with Crippen molar-refractivity contribution in [3.8, 4) is 17.2 Å². The molecule has 6 nitrogen and oxygen atoms in total. The van der Waals surface area contributed by atoms with Crippen molar-refractivity contribution in [3.05, 3.63) is 47.5 Å². The summed E-state index contributed by atoms with van der Waals surface area (Å²) in [6.07, 6.45) is 4.22. The Morgan fingerprint density at radius 2 is 1.85 bits per heavy atom. The van der Waals surface area contributed by atoms with E-state index in [1.54, 1.807) is 6.08 Å². The molecule has 3 aromatic rings. The van der Waals surface area contributed by atoms with Gasteiger partial charge in [-0.25, -0.2) is 4.98 Å². The minimum absolute atomic E-state index is 0.219. The van der Waals surface area contributed by atoms with Gasteiger partial charge in [-0.2, -0.15) is 0 Å². The third kappa shape index (κ3) is 3.21. The Labute approximate surface area is 159 Å². The third-order valence-electron chi connectivity index (χ3n) is 4.42. The highest BCUT2D eigenvalue weighted by Gasteiger charge is 2.16. The van der Waals surface area contributed by atoms with E-state index in [1.165, 1.54) is 23.0 Å². The largest absolute Gasteiger partial charge is 0.493 e. The molecular weight excluding hydrogens is 364 g/mol. The van der Waals surface area contributed by atoms with Gasteiger partial charge >= 0.3 is 0 Å². The monoisotopic (exact) mass is 380 g/mol. The maximum Gasteiger partial charge on any atom is 0.250 e. The van der Waals surface area contributed by atoms with Crippen LogP contribution in [0.4, 0.5) is 5.13 Å². The van der Waals surface area contributed by atoms with Crippen LogP contribution in [-0.2, 0) is 11.2 Å². The number of nitrogens with one attached hydrogen (secondary N) is 1. The Bertz CT molecular complexity index is 1030. The normalized spacial score (nSPS) is 15.0. The minimum Gasteiger partial charge on any atom is -0.493 e. The summed E-state index contributed by atoms with van der Waals surface area (Å²) in [7, 11) is 0. The number of anilines is 1. The molecule has 136 valence electrons. The molecule has 0 bridgehead atoms. The zero-order valence-corrected chi connectivity index (χ0v) is 15.2. The van der Waals surface area contributed by atoms with E-state index < -0.39 is 0 Å². The molecule has 27 heavy (non-hydrogen) atoms. The van der Waals surface area contributed by atoms with Crippen LogP contribution in [0, 0.1) is 0 Å². The van der Waals surface area contributed by atoms with Gasteiger partial charge in [0.1, 0.15) is 19.0 Å². The topological polar surface area (TPSA) is 69.7 Å². The number of thiazole rings is 1. The molecule has 1 N–H and O–H groups in total. The number of fused-ring (bicyclic) bond motifs is 3. The van der Waals surface area contributed by atoms with Gasteiger partial charge in [-0.05, 0) is 29.3 Å².